The summed E-state index contributed by atoms with van der Waals surface area (Å²) in [6, 6.07) is 6.30. The molecule has 0 aliphatic rings. The van der Waals surface area contributed by atoms with Gasteiger partial charge in [-0.15, -0.1) is 0 Å². The summed E-state index contributed by atoms with van der Waals surface area (Å²) in [7, 11) is 1.95. The van der Waals surface area contributed by atoms with Crippen LogP contribution in [0.4, 0.5) is 4.39 Å². The van der Waals surface area contributed by atoms with E-state index >= 15 is 0 Å². The summed E-state index contributed by atoms with van der Waals surface area (Å²) in [5, 5.41) is 12.9. The summed E-state index contributed by atoms with van der Waals surface area (Å²) in [5.74, 6) is -1.93. The molecule has 1 heterocycles. The Morgan fingerprint density at radius 3 is 2.63 bits per heavy atom. The van der Waals surface area contributed by atoms with Gasteiger partial charge in [-0.05, 0) is 47.1 Å². The van der Waals surface area contributed by atoms with E-state index in [2.05, 4.69) is 16.3 Å². The van der Waals surface area contributed by atoms with Gasteiger partial charge in [0.15, 0.2) is 0 Å². The molecule has 0 fully saturated rings. The first kappa shape index (κ1) is 13.7. The lowest BCUT2D eigenvalue weighted by molar-refractivity contribution is 0.0692. The molecular formula is C14H14FNO2S. The number of halogens is 1. The highest BCUT2D eigenvalue weighted by atomic mass is 32.1. The molecule has 3 nitrogen and oxygen atoms in total. The van der Waals surface area contributed by atoms with Crippen molar-refractivity contribution in [1.29, 1.82) is 0 Å². The molecule has 1 aromatic carbocycles. The zero-order chi connectivity index (χ0) is 13.8. The first-order chi connectivity index (χ1) is 9.06. The largest absolute Gasteiger partial charge is 0.478 e. The molecule has 0 unspecified atom stereocenters. The fourth-order valence-electron chi connectivity index (χ4n) is 1.89. The summed E-state index contributed by atoms with van der Waals surface area (Å²) in [5.41, 5.74) is 1.69. The number of rotatable bonds is 5. The van der Waals surface area contributed by atoms with Crippen LogP contribution in [-0.2, 0) is 13.1 Å². The minimum Gasteiger partial charge on any atom is -0.478 e. The van der Waals surface area contributed by atoms with E-state index in [1.54, 1.807) is 17.4 Å². The Kier molecular flexibility index (Phi) is 4.29. The van der Waals surface area contributed by atoms with Gasteiger partial charge in [0, 0.05) is 13.1 Å². The Balaban J connectivity index is 2.03. The second-order valence-corrected chi connectivity index (χ2v) is 5.20. The lowest BCUT2D eigenvalue weighted by atomic mass is 10.1. The summed E-state index contributed by atoms with van der Waals surface area (Å²) < 4.78 is 13.5. The quantitative estimate of drug-likeness (QED) is 0.913. The van der Waals surface area contributed by atoms with Crippen LogP contribution < -0.4 is 0 Å². The first-order valence-corrected chi connectivity index (χ1v) is 6.72. The summed E-state index contributed by atoms with van der Waals surface area (Å²) >= 11 is 1.64. The van der Waals surface area contributed by atoms with Crippen LogP contribution in [0.2, 0.25) is 0 Å². The van der Waals surface area contributed by atoms with Gasteiger partial charge in [-0.1, -0.05) is 6.07 Å². The topological polar surface area (TPSA) is 40.5 Å². The molecule has 0 aliphatic carbocycles. The van der Waals surface area contributed by atoms with E-state index in [1.165, 1.54) is 17.7 Å². The van der Waals surface area contributed by atoms with Gasteiger partial charge in [0.1, 0.15) is 5.82 Å². The third kappa shape index (κ3) is 3.62. The van der Waals surface area contributed by atoms with E-state index < -0.39 is 11.8 Å². The number of nitrogens with zero attached hydrogens (tertiary/aromatic N) is 1. The lowest BCUT2D eigenvalue weighted by Crippen LogP contribution is -2.17. The highest BCUT2D eigenvalue weighted by molar-refractivity contribution is 7.07. The standard InChI is InChI=1S/C14H14FNO2S/c1-16(8-11-4-5-19-9-11)7-10-2-3-12(14(17)18)13(15)6-10/h2-6,9H,7-8H2,1H3,(H,17,18). The maximum Gasteiger partial charge on any atom is 0.338 e. The number of carboxylic acids is 1. The molecule has 0 bridgehead atoms. The monoisotopic (exact) mass is 279 g/mol. The van der Waals surface area contributed by atoms with Crippen molar-refractivity contribution in [3.8, 4) is 0 Å². The summed E-state index contributed by atoms with van der Waals surface area (Å²) in [4.78, 5) is 12.8. The molecule has 0 amide bonds. The zero-order valence-corrected chi connectivity index (χ0v) is 11.3. The Hall–Kier alpha value is -1.72. The molecule has 100 valence electrons. The van der Waals surface area contributed by atoms with Gasteiger partial charge in [-0.25, -0.2) is 9.18 Å². The van der Waals surface area contributed by atoms with Crippen molar-refractivity contribution in [2.24, 2.45) is 0 Å². The molecule has 0 saturated heterocycles. The van der Waals surface area contributed by atoms with E-state index in [-0.39, 0.29) is 5.56 Å². The van der Waals surface area contributed by atoms with Crippen LogP contribution in [0, 0.1) is 5.82 Å². The number of thiophene rings is 1. The Labute approximate surface area is 114 Å². The van der Waals surface area contributed by atoms with Crippen molar-refractivity contribution < 1.29 is 14.3 Å². The van der Waals surface area contributed by atoms with Crippen molar-refractivity contribution in [3.05, 3.63) is 57.5 Å². The fraction of sp³-hybridized carbons (Fsp3) is 0.214. The molecule has 19 heavy (non-hydrogen) atoms. The second-order valence-electron chi connectivity index (χ2n) is 4.42. The van der Waals surface area contributed by atoms with Crippen LogP contribution in [0.5, 0.6) is 0 Å². The van der Waals surface area contributed by atoms with E-state index in [4.69, 9.17) is 5.11 Å². The molecule has 1 N–H and O–H groups in total. The van der Waals surface area contributed by atoms with Crippen LogP contribution >= 0.6 is 11.3 Å². The fourth-order valence-corrected chi connectivity index (χ4v) is 2.55. The van der Waals surface area contributed by atoms with Crippen molar-refractivity contribution >= 4 is 17.3 Å². The minimum atomic E-state index is -1.24. The number of aromatic carboxylic acids is 1. The predicted molar refractivity (Wildman–Crippen MR) is 72.8 cm³/mol. The molecular weight excluding hydrogens is 265 g/mol. The third-order valence-electron chi connectivity index (χ3n) is 2.75. The molecule has 0 radical (unpaired) electrons. The van der Waals surface area contributed by atoms with Gasteiger partial charge in [-0.2, -0.15) is 11.3 Å². The highest BCUT2D eigenvalue weighted by Crippen LogP contribution is 2.14. The van der Waals surface area contributed by atoms with Crippen molar-refractivity contribution in [2.75, 3.05) is 7.05 Å². The SMILES string of the molecule is CN(Cc1ccsc1)Cc1ccc(C(=O)O)c(F)c1. The molecule has 2 aromatic rings. The van der Waals surface area contributed by atoms with Crippen molar-refractivity contribution in [1.82, 2.24) is 4.90 Å². The second kappa shape index (κ2) is 5.95. The minimum absolute atomic E-state index is 0.288. The molecule has 1 aromatic heterocycles. The van der Waals surface area contributed by atoms with Gasteiger partial charge in [0.2, 0.25) is 0 Å². The Morgan fingerprint density at radius 2 is 2.05 bits per heavy atom. The van der Waals surface area contributed by atoms with Crippen molar-refractivity contribution in [2.45, 2.75) is 13.1 Å². The van der Waals surface area contributed by atoms with Gasteiger partial charge in [0.25, 0.3) is 0 Å². The number of carbonyl (C=O) groups is 1. The lowest BCUT2D eigenvalue weighted by Gasteiger charge is -2.16. The molecule has 0 aliphatic heterocycles. The smallest absolute Gasteiger partial charge is 0.338 e. The van der Waals surface area contributed by atoms with Crippen molar-refractivity contribution in [3.63, 3.8) is 0 Å². The number of benzene rings is 1. The van der Waals surface area contributed by atoms with Crippen LogP contribution in [-0.4, -0.2) is 23.0 Å². The average molecular weight is 279 g/mol. The molecule has 2 rings (SSSR count). The van der Waals surface area contributed by atoms with Gasteiger partial charge in [0.05, 0.1) is 5.56 Å². The van der Waals surface area contributed by atoms with Crippen LogP contribution in [0.1, 0.15) is 21.5 Å². The molecule has 0 atom stereocenters. The zero-order valence-electron chi connectivity index (χ0n) is 10.5. The van der Waals surface area contributed by atoms with E-state index in [9.17, 15) is 9.18 Å². The average Bonchev–Trinajstić information content (AvgIpc) is 2.81. The van der Waals surface area contributed by atoms with E-state index in [0.717, 1.165) is 12.1 Å². The van der Waals surface area contributed by atoms with E-state index in [0.29, 0.717) is 6.54 Å². The van der Waals surface area contributed by atoms with Crippen LogP contribution in [0.3, 0.4) is 0 Å². The Bertz CT molecular complexity index is 569. The van der Waals surface area contributed by atoms with Gasteiger partial charge >= 0.3 is 5.97 Å². The number of hydrogen-bond acceptors (Lipinski definition) is 3. The Morgan fingerprint density at radius 1 is 1.32 bits per heavy atom. The highest BCUT2D eigenvalue weighted by Gasteiger charge is 2.11. The maximum absolute atomic E-state index is 13.5. The molecule has 0 spiro atoms. The number of hydrogen-bond donors (Lipinski definition) is 1. The third-order valence-corrected chi connectivity index (χ3v) is 3.48. The first-order valence-electron chi connectivity index (χ1n) is 5.77. The van der Waals surface area contributed by atoms with Crippen LogP contribution in [0.15, 0.2) is 35.0 Å². The van der Waals surface area contributed by atoms with Gasteiger partial charge in [-0.3, -0.25) is 4.90 Å². The summed E-state index contributed by atoms with van der Waals surface area (Å²) in [6.07, 6.45) is 0. The van der Waals surface area contributed by atoms with E-state index in [1.807, 2.05) is 12.4 Å². The van der Waals surface area contributed by atoms with Crippen LogP contribution in [0.25, 0.3) is 0 Å². The maximum atomic E-state index is 13.5. The normalized spacial score (nSPS) is 10.9. The number of carboxylic acid groups (broad SMARTS) is 1. The molecule has 5 heteroatoms. The molecule has 0 saturated carbocycles. The predicted octanol–water partition coefficient (Wildman–Crippen LogP) is 3.22. The summed E-state index contributed by atoms with van der Waals surface area (Å²) in [6.45, 7) is 1.36. The van der Waals surface area contributed by atoms with Gasteiger partial charge < -0.3 is 5.11 Å².